The smallest absolute Gasteiger partial charge is 0.414 e. The maximum absolute atomic E-state index is 14.6. The van der Waals surface area contributed by atoms with E-state index in [0.717, 1.165) is 12.1 Å². The van der Waals surface area contributed by atoms with Crippen LogP contribution < -0.4 is 15.5 Å². The molecule has 2 N–H and O–H groups in total. The highest BCUT2D eigenvalue weighted by molar-refractivity contribution is 5.92. The standard InChI is InChI=1S/C23H24FN3O4/c24-20-12-17(7-8-19(20)21-14-25-10-11-30-21)27-15-18(31-23(27)29)13-26-22(28)9-6-16-4-2-1-3-5-16/h1-9,12,18,21,25H,10-11,13-15H2,(H,26,28)/t18-,21?/m0/s1. The van der Waals surface area contributed by atoms with Crippen molar-refractivity contribution in [3.8, 4) is 0 Å². The topological polar surface area (TPSA) is 79.9 Å². The number of morpholine rings is 1. The van der Waals surface area contributed by atoms with Crippen LogP contribution in [0.5, 0.6) is 0 Å². The van der Waals surface area contributed by atoms with Crippen molar-refractivity contribution in [3.05, 3.63) is 71.6 Å². The molecule has 2 aromatic rings. The Labute approximate surface area is 179 Å². The Hall–Kier alpha value is -3.23. The lowest BCUT2D eigenvalue weighted by Crippen LogP contribution is -2.34. The van der Waals surface area contributed by atoms with Crippen molar-refractivity contribution in [1.29, 1.82) is 0 Å². The second kappa shape index (κ2) is 9.72. The molecule has 0 bridgehead atoms. The highest BCUT2D eigenvalue weighted by atomic mass is 19.1. The Morgan fingerprint density at radius 1 is 1.26 bits per heavy atom. The van der Waals surface area contributed by atoms with Crippen molar-refractivity contribution >= 4 is 23.8 Å². The van der Waals surface area contributed by atoms with E-state index in [4.69, 9.17) is 9.47 Å². The van der Waals surface area contributed by atoms with Gasteiger partial charge in [0.2, 0.25) is 5.91 Å². The fraction of sp³-hybridized carbons (Fsp3) is 0.304. The van der Waals surface area contributed by atoms with E-state index in [1.165, 1.54) is 17.0 Å². The third-order valence-electron chi connectivity index (χ3n) is 5.17. The van der Waals surface area contributed by atoms with Gasteiger partial charge < -0.3 is 20.1 Å². The van der Waals surface area contributed by atoms with Crippen LogP contribution in [0.3, 0.4) is 0 Å². The molecule has 31 heavy (non-hydrogen) atoms. The van der Waals surface area contributed by atoms with Crippen LogP contribution in [0.4, 0.5) is 14.9 Å². The normalized spacial score (nSPS) is 21.3. The monoisotopic (exact) mass is 425 g/mol. The summed E-state index contributed by atoms with van der Waals surface area (Å²) in [5.74, 6) is -0.711. The zero-order chi connectivity index (χ0) is 21.6. The number of anilines is 1. The molecule has 0 aromatic heterocycles. The number of cyclic esters (lactones) is 1. The van der Waals surface area contributed by atoms with E-state index < -0.39 is 18.0 Å². The average molecular weight is 425 g/mol. The maximum atomic E-state index is 14.6. The minimum Gasteiger partial charge on any atom is -0.442 e. The minimum atomic E-state index is -0.568. The van der Waals surface area contributed by atoms with E-state index >= 15 is 0 Å². The Morgan fingerprint density at radius 2 is 2.10 bits per heavy atom. The predicted octanol–water partition coefficient (Wildman–Crippen LogP) is 2.64. The summed E-state index contributed by atoms with van der Waals surface area (Å²) in [4.78, 5) is 25.6. The molecule has 1 unspecified atom stereocenters. The molecule has 2 amide bonds. The first-order valence-electron chi connectivity index (χ1n) is 10.2. The molecule has 4 rings (SSSR count). The molecular weight excluding hydrogens is 401 g/mol. The minimum absolute atomic E-state index is 0.169. The number of hydrogen-bond acceptors (Lipinski definition) is 5. The van der Waals surface area contributed by atoms with Gasteiger partial charge in [0.25, 0.3) is 0 Å². The molecule has 0 saturated carbocycles. The molecule has 2 atom stereocenters. The molecule has 2 aromatic carbocycles. The summed E-state index contributed by atoms with van der Waals surface area (Å²) < 4.78 is 25.6. The van der Waals surface area contributed by atoms with Gasteiger partial charge in [-0.25, -0.2) is 9.18 Å². The molecule has 2 heterocycles. The number of ether oxygens (including phenoxy) is 2. The van der Waals surface area contributed by atoms with Gasteiger partial charge in [0.05, 0.1) is 31.5 Å². The van der Waals surface area contributed by atoms with Gasteiger partial charge in [-0.05, 0) is 23.8 Å². The highest BCUT2D eigenvalue weighted by Gasteiger charge is 2.33. The summed E-state index contributed by atoms with van der Waals surface area (Å²) in [6.07, 6.45) is 1.70. The van der Waals surface area contributed by atoms with Gasteiger partial charge in [-0.2, -0.15) is 0 Å². The first kappa shape index (κ1) is 21.0. The summed E-state index contributed by atoms with van der Waals surface area (Å²) in [5, 5.41) is 5.89. The Bertz CT molecular complexity index is 961. The second-order valence-electron chi connectivity index (χ2n) is 7.37. The number of nitrogens with one attached hydrogen (secondary N) is 2. The largest absolute Gasteiger partial charge is 0.442 e. The molecule has 2 saturated heterocycles. The van der Waals surface area contributed by atoms with Gasteiger partial charge in [-0.1, -0.05) is 36.4 Å². The molecule has 162 valence electrons. The number of rotatable bonds is 6. The van der Waals surface area contributed by atoms with Crippen LogP contribution in [0.2, 0.25) is 0 Å². The first-order chi connectivity index (χ1) is 15.1. The van der Waals surface area contributed by atoms with Crippen LogP contribution in [0.15, 0.2) is 54.6 Å². The molecule has 2 aliphatic rings. The molecule has 2 aliphatic heterocycles. The van der Waals surface area contributed by atoms with Crippen molar-refractivity contribution in [2.45, 2.75) is 12.2 Å². The lowest BCUT2D eigenvalue weighted by atomic mass is 10.1. The average Bonchev–Trinajstić information content (AvgIpc) is 3.18. The Morgan fingerprint density at radius 3 is 2.84 bits per heavy atom. The zero-order valence-electron chi connectivity index (χ0n) is 16.9. The fourth-order valence-electron chi connectivity index (χ4n) is 3.56. The van der Waals surface area contributed by atoms with Gasteiger partial charge in [0.15, 0.2) is 0 Å². The number of halogens is 1. The van der Waals surface area contributed by atoms with Crippen molar-refractivity contribution in [3.63, 3.8) is 0 Å². The van der Waals surface area contributed by atoms with Crippen LogP contribution in [0.25, 0.3) is 6.08 Å². The predicted molar refractivity (Wildman–Crippen MR) is 114 cm³/mol. The fourth-order valence-corrected chi connectivity index (χ4v) is 3.56. The molecule has 0 aliphatic carbocycles. The van der Waals surface area contributed by atoms with E-state index in [9.17, 15) is 14.0 Å². The molecule has 7 nitrogen and oxygen atoms in total. The number of hydrogen-bond donors (Lipinski definition) is 2. The summed E-state index contributed by atoms with van der Waals surface area (Å²) >= 11 is 0. The third kappa shape index (κ3) is 5.28. The van der Waals surface area contributed by atoms with Crippen molar-refractivity contribution in [1.82, 2.24) is 10.6 Å². The second-order valence-corrected chi connectivity index (χ2v) is 7.37. The van der Waals surface area contributed by atoms with Gasteiger partial charge in [0.1, 0.15) is 11.9 Å². The summed E-state index contributed by atoms with van der Waals surface area (Å²) in [7, 11) is 0. The van der Waals surface area contributed by atoms with Crippen LogP contribution in [0.1, 0.15) is 17.2 Å². The third-order valence-corrected chi connectivity index (χ3v) is 5.17. The van der Waals surface area contributed by atoms with Crippen LogP contribution >= 0.6 is 0 Å². The summed E-state index contributed by atoms with van der Waals surface area (Å²) in [5.41, 5.74) is 1.78. The Balaban J connectivity index is 1.32. The Kier molecular flexibility index (Phi) is 6.59. The number of nitrogens with zero attached hydrogens (tertiary/aromatic N) is 1. The summed E-state index contributed by atoms with van der Waals surface area (Å²) in [6.45, 7) is 2.21. The van der Waals surface area contributed by atoms with Crippen LogP contribution in [-0.4, -0.2) is 50.9 Å². The molecule has 0 radical (unpaired) electrons. The van der Waals surface area contributed by atoms with Gasteiger partial charge in [-0.15, -0.1) is 0 Å². The van der Waals surface area contributed by atoms with Crippen molar-refractivity contribution in [2.24, 2.45) is 0 Å². The lowest BCUT2D eigenvalue weighted by Gasteiger charge is -2.25. The molecule has 2 fully saturated rings. The van der Waals surface area contributed by atoms with Gasteiger partial charge in [0, 0.05) is 24.7 Å². The summed E-state index contributed by atoms with van der Waals surface area (Å²) in [6, 6.07) is 14.1. The van der Waals surface area contributed by atoms with Crippen LogP contribution in [-0.2, 0) is 14.3 Å². The van der Waals surface area contributed by atoms with Gasteiger partial charge >= 0.3 is 6.09 Å². The van der Waals surface area contributed by atoms with E-state index in [1.807, 2.05) is 30.3 Å². The van der Waals surface area contributed by atoms with E-state index in [1.54, 1.807) is 18.2 Å². The van der Waals surface area contributed by atoms with Crippen molar-refractivity contribution in [2.75, 3.05) is 37.7 Å². The number of benzene rings is 2. The number of carbonyl (C=O) groups is 2. The number of carbonyl (C=O) groups excluding carboxylic acids is 2. The van der Waals surface area contributed by atoms with E-state index in [2.05, 4.69) is 10.6 Å². The first-order valence-corrected chi connectivity index (χ1v) is 10.2. The quantitative estimate of drug-likeness (QED) is 0.696. The van der Waals surface area contributed by atoms with Crippen LogP contribution in [0, 0.1) is 5.82 Å². The van der Waals surface area contributed by atoms with Crippen molar-refractivity contribution < 1.29 is 23.5 Å². The maximum Gasteiger partial charge on any atom is 0.414 e. The van der Waals surface area contributed by atoms with Gasteiger partial charge in [-0.3, -0.25) is 9.69 Å². The molecular formula is C23H24FN3O4. The molecule has 0 spiro atoms. The highest BCUT2D eigenvalue weighted by Crippen LogP contribution is 2.28. The lowest BCUT2D eigenvalue weighted by molar-refractivity contribution is -0.116. The van der Waals surface area contributed by atoms with E-state index in [0.29, 0.717) is 24.4 Å². The molecule has 8 heteroatoms. The zero-order valence-corrected chi connectivity index (χ0v) is 16.9. The number of amides is 2. The SMILES string of the molecule is O=C(C=Cc1ccccc1)NC[C@H]1CN(c2ccc(C3CNCCO3)c(F)c2)C(=O)O1. The van der Waals surface area contributed by atoms with E-state index in [-0.39, 0.29) is 25.1 Å².